The third-order valence-corrected chi connectivity index (χ3v) is 3.54. The average Bonchev–Trinajstić information content (AvgIpc) is 1.84. The van der Waals surface area contributed by atoms with Crippen LogP contribution in [0.15, 0.2) is 0 Å². The summed E-state index contributed by atoms with van der Waals surface area (Å²) in [7, 11) is -4.04. The van der Waals surface area contributed by atoms with E-state index in [1.54, 1.807) is 0 Å². The van der Waals surface area contributed by atoms with E-state index in [1.807, 2.05) is 0 Å². The Morgan fingerprint density at radius 1 is 1.58 bits per heavy atom. The van der Waals surface area contributed by atoms with Crippen LogP contribution in [0.1, 0.15) is 0 Å². The van der Waals surface area contributed by atoms with Gasteiger partial charge in [-0.25, -0.2) is 0 Å². The molecular formula is C4H10NO5PS. The second-order valence-electron chi connectivity index (χ2n) is 2.11. The minimum atomic E-state index is -4.04. The highest BCUT2D eigenvalue weighted by Crippen LogP contribution is 2.38. The minimum absolute atomic E-state index is 0.000440. The van der Waals surface area contributed by atoms with Gasteiger partial charge in [0.25, 0.3) is 0 Å². The Balaban J connectivity index is 3.58. The summed E-state index contributed by atoms with van der Waals surface area (Å²) in [6.45, 7) is 0. The van der Waals surface area contributed by atoms with E-state index in [1.165, 1.54) is 0 Å². The van der Waals surface area contributed by atoms with Crippen molar-refractivity contribution in [2.45, 2.75) is 6.04 Å². The second-order valence-corrected chi connectivity index (χ2v) is 5.21. The normalized spacial score (nSPS) is 14.2. The largest absolute Gasteiger partial charge is 0.480 e. The SMILES string of the molecule is N[C@@H](CSCP(=O)(O)O)C(=O)O. The molecule has 0 aromatic rings. The van der Waals surface area contributed by atoms with Crippen molar-refractivity contribution in [3.63, 3.8) is 0 Å². The zero-order valence-corrected chi connectivity index (χ0v) is 7.79. The molecule has 0 radical (unpaired) electrons. The van der Waals surface area contributed by atoms with Crippen molar-refractivity contribution >= 4 is 25.3 Å². The summed E-state index contributed by atoms with van der Waals surface area (Å²) in [5.41, 5.74) is 4.68. The van der Waals surface area contributed by atoms with Gasteiger partial charge in [0.05, 0.1) is 5.49 Å². The van der Waals surface area contributed by atoms with Crippen molar-refractivity contribution in [1.82, 2.24) is 0 Å². The predicted octanol–water partition coefficient (Wildman–Crippen LogP) is -0.733. The van der Waals surface area contributed by atoms with E-state index in [2.05, 4.69) is 0 Å². The van der Waals surface area contributed by atoms with Crippen LogP contribution in [0.2, 0.25) is 0 Å². The Hall–Kier alpha value is -0.0700. The summed E-state index contributed by atoms with van der Waals surface area (Å²) in [4.78, 5) is 26.9. The van der Waals surface area contributed by atoms with Crippen LogP contribution < -0.4 is 5.73 Å². The third-order valence-electron chi connectivity index (χ3n) is 0.874. The molecule has 8 heteroatoms. The van der Waals surface area contributed by atoms with Crippen LogP contribution in [-0.2, 0) is 9.36 Å². The van der Waals surface area contributed by atoms with Crippen LogP contribution in [0, 0.1) is 0 Å². The van der Waals surface area contributed by atoms with E-state index in [0.717, 1.165) is 11.8 Å². The molecule has 0 saturated heterocycles. The number of hydrogen-bond donors (Lipinski definition) is 4. The number of hydrogen-bond acceptors (Lipinski definition) is 4. The average molecular weight is 215 g/mol. The van der Waals surface area contributed by atoms with Crippen molar-refractivity contribution in [2.24, 2.45) is 5.73 Å². The third kappa shape index (κ3) is 6.63. The first kappa shape index (κ1) is 11.9. The summed E-state index contributed by atoms with van der Waals surface area (Å²) in [5.74, 6) is -1.17. The number of carboxylic acids is 1. The number of rotatable bonds is 5. The Bertz CT molecular complexity index is 204. The molecule has 0 amide bonds. The Morgan fingerprint density at radius 2 is 2.08 bits per heavy atom. The molecule has 0 aliphatic rings. The summed E-state index contributed by atoms with van der Waals surface area (Å²) >= 11 is 0.828. The van der Waals surface area contributed by atoms with Gasteiger partial charge in [-0.05, 0) is 0 Å². The topological polar surface area (TPSA) is 121 Å². The van der Waals surface area contributed by atoms with Crippen LogP contribution in [0.3, 0.4) is 0 Å². The molecule has 0 saturated carbocycles. The lowest BCUT2D eigenvalue weighted by Crippen LogP contribution is -2.32. The molecule has 0 aromatic carbocycles. The van der Waals surface area contributed by atoms with Crippen molar-refractivity contribution in [1.29, 1.82) is 0 Å². The van der Waals surface area contributed by atoms with Gasteiger partial charge in [-0.2, -0.15) is 0 Å². The second kappa shape index (κ2) is 4.84. The maximum atomic E-state index is 10.3. The molecule has 0 fully saturated rings. The monoisotopic (exact) mass is 215 g/mol. The smallest absolute Gasteiger partial charge is 0.335 e. The lowest BCUT2D eigenvalue weighted by atomic mass is 10.4. The number of carbonyl (C=O) groups is 1. The van der Waals surface area contributed by atoms with Gasteiger partial charge in [-0.3, -0.25) is 9.36 Å². The predicted molar refractivity (Wildman–Crippen MR) is 45.0 cm³/mol. The molecule has 0 aliphatic carbocycles. The molecule has 0 aliphatic heterocycles. The zero-order valence-electron chi connectivity index (χ0n) is 6.08. The van der Waals surface area contributed by atoms with E-state index in [4.69, 9.17) is 20.6 Å². The Morgan fingerprint density at radius 3 is 2.42 bits per heavy atom. The van der Waals surface area contributed by atoms with Gasteiger partial charge in [-0.15, -0.1) is 11.8 Å². The quantitative estimate of drug-likeness (QED) is 0.446. The lowest BCUT2D eigenvalue weighted by Gasteiger charge is -2.06. The van der Waals surface area contributed by atoms with Gasteiger partial charge in [0.1, 0.15) is 6.04 Å². The van der Waals surface area contributed by atoms with E-state index >= 15 is 0 Å². The molecule has 12 heavy (non-hydrogen) atoms. The summed E-state index contributed by atoms with van der Waals surface area (Å²) in [6, 6.07) is -1.07. The molecule has 5 N–H and O–H groups in total. The van der Waals surface area contributed by atoms with Gasteiger partial charge in [-0.1, -0.05) is 0 Å². The maximum Gasteiger partial charge on any atom is 0.335 e. The van der Waals surface area contributed by atoms with Crippen LogP contribution >= 0.6 is 19.4 Å². The first-order chi connectivity index (χ1) is 5.33. The molecule has 0 aromatic heterocycles. The number of thioether (sulfide) groups is 1. The molecule has 0 heterocycles. The first-order valence-corrected chi connectivity index (χ1v) is 5.89. The minimum Gasteiger partial charge on any atom is -0.480 e. The van der Waals surface area contributed by atoms with Crippen molar-refractivity contribution in [2.75, 3.05) is 11.2 Å². The van der Waals surface area contributed by atoms with E-state index in [0.29, 0.717) is 0 Å². The molecule has 72 valence electrons. The number of carboxylic acid groups (broad SMARTS) is 1. The Kier molecular flexibility index (Phi) is 4.81. The molecule has 0 spiro atoms. The van der Waals surface area contributed by atoms with E-state index in [9.17, 15) is 9.36 Å². The van der Waals surface area contributed by atoms with Crippen LogP contribution in [0.4, 0.5) is 0 Å². The van der Waals surface area contributed by atoms with Crippen molar-refractivity contribution in [3.8, 4) is 0 Å². The van der Waals surface area contributed by atoms with Gasteiger partial charge in [0.2, 0.25) is 0 Å². The molecule has 0 rings (SSSR count). The molecular weight excluding hydrogens is 205 g/mol. The van der Waals surface area contributed by atoms with Crippen LogP contribution in [0.25, 0.3) is 0 Å². The highest BCUT2D eigenvalue weighted by molar-refractivity contribution is 8.04. The molecule has 1 atom stereocenters. The summed E-state index contributed by atoms with van der Waals surface area (Å²) in [6.07, 6.45) is 0. The first-order valence-electron chi connectivity index (χ1n) is 2.93. The number of nitrogens with two attached hydrogens (primary N) is 1. The highest BCUT2D eigenvalue weighted by Gasteiger charge is 2.16. The lowest BCUT2D eigenvalue weighted by molar-refractivity contribution is -0.137. The maximum absolute atomic E-state index is 10.3. The molecule has 0 bridgehead atoms. The van der Waals surface area contributed by atoms with E-state index in [-0.39, 0.29) is 5.75 Å². The van der Waals surface area contributed by atoms with Crippen molar-refractivity contribution in [3.05, 3.63) is 0 Å². The Labute approximate surface area is 73.3 Å². The fourth-order valence-corrected chi connectivity index (χ4v) is 2.14. The fourth-order valence-electron chi connectivity index (χ4n) is 0.370. The van der Waals surface area contributed by atoms with Gasteiger partial charge >= 0.3 is 13.6 Å². The molecule has 0 unspecified atom stereocenters. The number of aliphatic carboxylic acids is 1. The van der Waals surface area contributed by atoms with Gasteiger partial charge < -0.3 is 20.6 Å². The summed E-state index contributed by atoms with van der Waals surface area (Å²) < 4.78 is 10.3. The highest BCUT2D eigenvalue weighted by atomic mass is 32.2. The van der Waals surface area contributed by atoms with Gasteiger partial charge in [0, 0.05) is 5.75 Å². The fraction of sp³-hybridized carbons (Fsp3) is 0.750. The summed E-state index contributed by atoms with van der Waals surface area (Å²) in [5, 5.41) is 8.28. The standard InChI is InChI=1S/C4H10NO5PS/c5-3(4(6)7)1-12-2-11(8,9)10/h3H,1-2,5H2,(H,6,7)(H2,8,9,10)/t3-/m0/s1. The zero-order chi connectivity index (χ0) is 9.78. The van der Waals surface area contributed by atoms with Crippen LogP contribution in [0.5, 0.6) is 0 Å². The van der Waals surface area contributed by atoms with E-state index < -0.39 is 25.1 Å². The molecule has 6 nitrogen and oxygen atoms in total. The van der Waals surface area contributed by atoms with Gasteiger partial charge in [0.15, 0.2) is 0 Å². The van der Waals surface area contributed by atoms with Crippen LogP contribution in [-0.4, -0.2) is 38.2 Å². The van der Waals surface area contributed by atoms with Crippen molar-refractivity contribution < 1.29 is 24.3 Å².